The summed E-state index contributed by atoms with van der Waals surface area (Å²) in [4.78, 5) is 0. The molecule has 0 bridgehead atoms. The lowest BCUT2D eigenvalue weighted by molar-refractivity contribution is 0.418. The van der Waals surface area contributed by atoms with Crippen molar-refractivity contribution < 1.29 is 0 Å². The van der Waals surface area contributed by atoms with Gasteiger partial charge in [0, 0.05) is 0 Å². The smallest absolute Gasteiger partial charge is 0.172 e. The molecule has 11 heavy (non-hydrogen) atoms. The summed E-state index contributed by atoms with van der Waals surface area (Å²) in [5.74, 6) is 0. The third-order valence-corrected chi connectivity index (χ3v) is 4.03. The highest BCUT2D eigenvalue weighted by Crippen LogP contribution is 1.89. The lowest BCUT2D eigenvalue weighted by atomic mass is 10.5. The van der Waals surface area contributed by atoms with Crippen LogP contribution < -0.4 is 0 Å². The van der Waals surface area contributed by atoms with E-state index in [4.69, 9.17) is 0 Å². The first-order valence-corrected chi connectivity index (χ1v) is 5.91. The van der Waals surface area contributed by atoms with Crippen LogP contribution in [0.4, 0.5) is 0 Å². The second kappa shape index (κ2) is 6.82. The maximum Gasteiger partial charge on any atom is 0.172 e. The molecule has 0 heterocycles. The molecule has 0 fully saturated rings. The van der Waals surface area contributed by atoms with E-state index in [-0.39, 0.29) is 9.84 Å². The Bertz CT molecular complexity index is 84.2. The van der Waals surface area contributed by atoms with Crippen LogP contribution >= 0.6 is 0 Å². The SMILES string of the molecule is CCCN(C)[SiH2]N(CC)CC. The van der Waals surface area contributed by atoms with Crippen LogP contribution in [0, 0.1) is 0 Å². The lowest BCUT2D eigenvalue weighted by Gasteiger charge is -2.24. The van der Waals surface area contributed by atoms with E-state index < -0.39 is 0 Å². The van der Waals surface area contributed by atoms with Gasteiger partial charge in [0.05, 0.1) is 0 Å². The molecule has 0 N–H and O–H groups in total. The van der Waals surface area contributed by atoms with Crippen molar-refractivity contribution in [2.24, 2.45) is 0 Å². The van der Waals surface area contributed by atoms with Crippen LogP contribution in [0.15, 0.2) is 0 Å². The highest BCUT2D eigenvalue weighted by Gasteiger charge is 2.02. The highest BCUT2D eigenvalue weighted by molar-refractivity contribution is 6.28. The second-order valence-electron chi connectivity index (χ2n) is 3.02. The monoisotopic (exact) mass is 174 g/mol. The Labute approximate surface area is 73.5 Å². The van der Waals surface area contributed by atoms with Crippen molar-refractivity contribution in [3.05, 3.63) is 0 Å². The Morgan fingerprint density at radius 1 is 1.09 bits per heavy atom. The van der Waals surface area contributed by atoms with Gasteiger partial charge in [-0.3, -0.25) is 0 Å². The Balaban J connectivity index is 3.44. The zero-order chi connectivity index (χ0) is 8.69. The van der Waals surface area contributed by atoms with E-state index in [9.17, 15) is 0 Å². The third kappa shape index (κ3) is 5.41. The first-order valence-electron chi connectivity index (χ1n) is 4.65. The fraction of sp³-hybridized carbons (Fsp3) is 1.00. The summed E-state index contributed by atoms with van der Waals surface area (Å²) >= 11 is 0. The molecule has 3 heteroatoms. The molecular weight excluding hydrogens is 152 g/mol. The predicted molar refractivity (Wildman–Crippen MR) is 54.4 cm³/mol. The summed E-state index contributed by atoms with van der Waals surface area (Å²) < 4.78 is 5.07. The van der Waals surface area contributed by atoms with E-state index in [0.29, 0.717) is 0 Å². The lowest BCUT2D eigenvalue weighted by Crippen LogP contribution is -2.39. The van der Waals surface area contributed by atoms with Gasteiger partial charge in [0.2, 0.25) is 0 Å². The fourth-order valence-electron chi connectivity index (χ4n) is 1.22. The zero-order valence-electron chi connectivity index (χ0n) is 8.43. The average Bonchev–Trinajstić information content (AvgIpc) is 2.01. The van der Waals surface area contributed by atoms with Crippen LogP contribution in [-0.4, -0.2) is 45.7 Å². The summed E-state index contributed by atoms with van der Waals surface area (Å²) in [6.45, 7) is 10.4. The maximum absolute atomic E-state index is 2.57. The minimum Gasteiger partial charge on any atom is -0.319 e. The van der Waals surface area contributed by atoms with Crippen molar-refractivity contribution in [3.8, 4) is 0 Å². The standard InChI is InChI=1S/C8H22N2Si/c1-5-8-9(4)11-10(6-2)7-3/h5-8,11H2,1-4H3. The summed E-state index contributed by atoms with van der Waals surface area (Å²) in [5.41, 5.74) is 0. The quantitative estimate of drug-likeness (QED) is 0.546. The van der Waals surface area contributed by atoms with E-state index >= 15 is 0 Å². The fourth-order valence-corrected chi connectivity index (χ4v) is 2.76. The minimum absolute atomic E-state index is 0.0947. The Morgan fingerprint density at radius 2 is 1.64 bits per heavy atom. The Morgan fingerprint density at radius 3 is 2.00 bits per heavy atom. The van der Waals surface area contributed by atoms with Gasteiger partial charge in [-0.2, -0.15) is 0 Å². The second-order valence-corrected chi connectivity index (χ2v) is 5.28. The molecule has 0 aliphatic carbocycles. The van der Waals surface area contributed by atoms with Crippen LogP contribution in [0.25, 0.3) is 0 Å². The molecule has 0 aromatic heterocycles. The third-order valence-electron chi connectivity index (χ3n) is 1.94. The molecule has 0 saturated heterocycles. The van der Waals surface area contributed by atoms with E-state index in [0.717, 1.165) is 0 Å². The normalized spacial score (nSPS) is 12.5. The van der Waals surface area contributed by atoms with Crippen molar-refractivity contribution in [3.63, 3.8) is 0 Å². The van der Waals surface area contributed by atoms with Gasteiger partial charge in [-0.25, -0.2) is 0 Å². The number of hydrogen-bond acceptors (Lipinski definition) is 2. The molecule has 0 aliphatic heterocycles. The van der Waals surface area contributed by atoms with Gasteiger partial charge in [0.1, 0.15) is 0 Å². The number of nitrogens with zero attached hydrogens (tertiary/aromatic N) is 2. The molecule has 0 rings (SSSR count). The Kier molecular flexibility index (Phi) is 6.91. The molecule has 0 spiro atoms. The van der Waals surface area contributed by atoms with Crippen molar-refractivity contribution in [2.75, 3.05) is 26.7 Å². The molecule has 2 nitrogen and oxygen atoms in total. The summed E-state index contributed by atoms with van der Waals surface area (Å²) in [7, 11) is 2.15. The van der Waals surface area contributed by atoms with Gasteiger partial charge in [-0.05, 0) is 33.1 Å². The topological polar surface area (TPSA) is 6.48 Å². The number of hydrogen-bond donors (Lipinski definition) is 0. The summed E-state index contributed by atoms with van der Waals surface area (Å²) in [6.07, 6.45) is 1.28. The molecule has 0 amide bonds. The van der Waals surface area contributed by atoms with Crippen LogP contribution in [0.3, 0.4) is 0 Å². The summed E-state index contributed by atoms with van der Waals surface area (Å²) in [5, 5.41) is 0. The van der Waals surface area contributed by atoms with Crippen molar-refractivity contribution in [2.45, 2.75) is 27.2 Å². The highest BCUT2D eigenvalue weighted by atomic mass is 28.2. The van der Waals surface area contributed by atoms with Gasteiger partial charge in [-0.15, -0.1) is 0 Å². The molecule has 0 atom stereocenters. The largest absolute Gasteiger partial charge is 0.319 e. The van der Waals surface area contributed by atoms with Crippen LogP contribution in [0.5, 0.6) is 0 Å². The molecule has 0 saturated carbocycles. The van der Waals surface area contributed by atoms with Crippen LogP contribution in [-0.2, 0) is 0 Å². The molecule has 0 radical (unpaired) electrons. The molecule has 0 unspecified atom stereocenters. The van der Waals surface area contributed by atoms with Crippen molar-refractivity contribution in [1.29, 1.82) is 0 Å². The minimum atomic E-state index is -0.0947. The van der Waals surface area contributed by atoms with Gasteiger partial charge < -0.3 is 9.13 Å². The van der Waals surface area contributed by atoms with Crippen molar-refractivity contribution >= 4 is 9.84 Å². The van der Waals surface area contributed by atoms with E-state index in [2.05, 4.69) is 36.9 Å². The predicted octanol–water partition coefficient (Wildman–Crippen LogP) is 0.669. The Hall–Kier alpha value is 0.137. The van der Waals surface area contributed by atoms with E-state index in [1.54, 1.807) is 0 Å². The molecule has 0 aliphatic rings. The molecule has 68 valence electrons. The molecule has 0 aromatic rings. The molecular formula is C8H22N2Si. The van der Waals surface area contributed by atoms with E-state index in [1.807, 2.05) is 0 Å². The van der Waals surface area contributed by atoms with Crippen LogP contribution in [0.1, 0.15) is 27.2 Å². The molecule has 0 aromatic carbocycles. The zero-order valence-corrected chi connectivity index (χ0v) is 9.84. The van der Waals surface area contributed by atoms with Gasteiger partial charge >= 0.3 is 0 Å². The van der Waals surface area contributed by atoms with Gasteiger partial charge in [-0.1, -0.05) is 20.8 Å². The summed E-state index contributed by atoms with van der Waals surface area (Å²) in [6, 6.07) is 0. The van der Waals surface area contributed by atoms with Gasteiger partial charge in [0.15, 0.2) is 9.84 Å². The first kappa shape index (κ1) is 11.1. The van der Waals surface area contributed by atoms with E-state index in [1.165, 1.54) is 26.1 Å². The van der Waals surface area contributed by atoms with Gasteiger partial charge in [0.25, 0.3) is 0 Å². The van der Waals surface area contributed by atoms with Crippen LogP contribution in [0.2, 0.25) is 0 Å². The van der Waals surface area contributed by atoms with Crippen molar-refractivity contribution in [1.82, 2.24) is 9.13 Å². The maximum atomic E-state index is 2.57. The number of rotatable bonds is 6. The first-order chi connectivity index (χ1) is 5.24. The average molecular weight is 174 g/mol.